The minimum atomic E-state index is -1.08. The van der Waals surface area contributed by atoms with Gasteiger partial charge in [0.25, 0.3) is 0 Å². The summed E-state index contributed by atoms with van der Waals surface area (Å²) in [6.07, 6.45) is 1.65. The Morgan fingerprint density at radius 1 is 1.68 bits per heavy atom. The van der Waals surface area contributed by atoms with Gasteiger partial charge in [-0.25, -0.2) is 14.6 Å². The normalized spacial score (nSPS) is 11.7. The van der Waals surface area contributed by atoms with Gasteiger partial charge in [0.2, 0.25) is 0 Å². The van der Waals surface area contributed by atoms with E-state index < -0.39 is 18.0 Å². The van der Waals surface area contributed by atoms with E-state index in [1.165, 1.54) is 22.3 Å². The Morgan fingerprint density at radius 3 is 2.84 bits per heavy atom. The lowest BCUT2D eigenvalue weighted by Crippen LogP contribution is -2.46. The standard InChI is InChI=1S/C12H17N3O3S/c1-4-5-10(11(16)17)14-12(18)15(3)6-9-7-19-8(2)13-9/h4,7,10H,1,5-6H2,2-3H3,(H,14,18)(H,16,17). The maximum atomic E-state index is 11.8. The summed E-state index contributed by atoms with van der Waals surface area (Å²) in [5.74, 6) is -1.08. The Labute approximate surface area is 115 Å². The maximum Gasteiger partial charge on any atom is 0.326 e. The third kappa shape index (κ3) is 4.70. The molecule has 2 N–H and O–H groups in total. The van der Waals surface area contributed by atoms with Gasteiger partial charge in [-0.2, -0.15) is 0 Å². The van der Waals surface area contributed by atoms with Crippen LogP contribution in [0.2, 0.25) is 0 Å². The molecule has 6 nitrogen and oxygen atoms in total. The number of hydrogen-bond donors (Lipinski definition) is 2. The van der Waals surface area contributed by atoms with Gasteiger partial charge in [-0.3, -0.25) is 0 Å². The summed E-state index contributed by atoms with van der Waals surface area (Å²) < 4.78 is 0. The molecule has 0 saturated heterocycles. The van der Waals surface area contributed by atoms with Crippen LogP contribution in [0.5, 0.6) is 0 Å². The van der Waals surface area contributed by atoms with Crippen LogP contribution in [0, 0.1) is 6.92 Å². The van der Waals surface area contributed by atoms with Crippen LogP contribution in [-0.4, -0.2) is 40.1 Å². The zero-order valence-electron chi connectivity index (χ0n) is 10.9. The van der Waals surface area contributed by atoms with Crippen molar-refractivity contribution in [3.05, 3.63) is 28.7 Å². The molecule has 1 atom stereocenters. The Hall–Kier alpha value is -1.89. The van der Waals surface area contributed by atoms with E-state index in [9.17, 15) is 9.59 Å². The number of carboxylic acids is 1. The van der Waals surface area contributed by atoms with Crippen molar-refractivity contribution in [3.63, 3.8) is 0 Å². The first kappa shape index (κ1) is 15.2. The van der Waals surface area contributed by atoms with Crippen LogP contribution in [0.15, 0.2) is 18.0 Å². The topological polar surface area (TPSA) is 82.5 Å². The zero-order chi connectivity index (χ0) is 14.4. The van der Waals surface area contributed by atoms with E-state index in [4.69, 9.17) is 5.11 Å². The van der Waals surface area contributed by atoms with Crippen molar-refractivity contribution in [1.29, 1.82) is 0 Å². The molecule has 0 aliphatic heterocycles. The summed E-state index contributed by atoms with van der Waals surface area (Å²) in [6.45, 7) is 5.70. The molecule has 0 fully saturated rings. The van der Waals surface area contributed by atoms with Crippen LogP contribution in [-0.2, 0) is 11.3 Å². The van der Waals surface area contributed by atoms with E-state index in [2.05, 4.69) is 16.9 Å². The number of nitrogens with one attached hydrogen (secondary N) is 1. The van der Waals surface area contributed by atoms with Crippen LogP contribution in [0.25, 0.3) is 0 Å². The van der Waals surface area contributed by atoms with Gasteiger partial charge in [0.1, 0.15) is 6.04 Å². The molecule has 0 spiro atoms. The number of urea groups is 1. The second-order valence-corrected chi connectivity index (χ2v) is 5.14. The van der Waals surface area contributed by atoms with Crippen LogP contribution >= 0.6 is 11.3 Å². The first-order valence-corrected chi connectivity index (χ1v) is 6.58. The highest BCUT2D eigenvalue weighted by Gasteiger charge is 2.20. The number of aromatic nitrogens is 1. The fraction of sp³-hybridized carbons (Fsp3) is 0.417. The highest BCUT2D eigenvalue weighted by molar-refractivity contribution is 7.09. The zero-order valence-corrected chi connectivity index (χ0v) is 11.7. The molecule has 0 saturated carbocycles. The fourth-order valence-electron chi connectivity index (χ4n) is 1.44. The van der Waals surface area contributed by atoms with Gasteiger partial charge in [0.15, 0.2) is 0 Å². The molecule has 7 heteroatoms. The summed E-state index contributed by atoms with van der Waals surface area (Å²) in [7, 11) is 1.59. The second kappa shape index (κ2) is 6.89. The van der Waals surface area contributed by atoms with Gasteiger partial charge in [-0.15, -0.1) is 17.9 Å². The molecular formula is C12H17N3O3S. The smallest absolute Gasteiger partial charge is 0.326 e. The molecule has 0 radical (unpaired) electrons. The molecule has 1 aromatic rings. The van der Waals surface area contributed by atoms with Crippen molar-refractivity contribution in [1.82, 2.24) is 15.2 Å². The lowest BCUT2D eigenvalue weighted by Gasteiger charge is -2.20. The van der Waals surface area contributed by atoms with Crippen LogP contribution < -0.4 is 5.32 Å². The number of hydrogen-bond acceptors (Lipinski definition) is 4. The Kier molecular flexibility index (Phi) is 5.50. The number of carbonyl (C=O) groups excluding carboxylic acids is 1. The third-order valence-corrected chi connectivity index (χ3v) is 3.23. The predicted octanol–water partition coefficient (Wildman–Crippen LogP) is 1.62. The minimum Gasteiger partial charge on any atom is -0.480 e. The number of aryl methyl sites for hydroxylation is 1. The molecule has 1 rings (SSSR count). The molecule has 2 amide bonds. The van der Waals surface area contributed by atoms with E-state index in [1.54, 1.807) is 7.05 Å². The Balaban J connectivity index is 2.56. The van der Waals surface area contributed by atoms with Gasteiger partial charge in [-0.05, 0) is 13.3 Å². The Morgan fingerprint density at radius 2 is 2.37 bits per heavy atom. The number of aliphatic carboxylic acids is 1. The van der Waals surface area contributed by atoms with Crippen LogP contribution in [0.4, 0.5) is 4.79 Å². The largest absolute Gasteiger partial charge is 0.480 e. The van der Waals surface area contributed by atoms with E-state index in [-0.39, 0.29) is 6.42 Å². The number of nitrogens with zero attached hydrogens (tertiary/aromatic N) is 2. The summed E-state index contributed by atoms with van der Waals surface area (Å²) in [5.41, 5.74) is 0.788. The SMILES string of the molecule is C=CCC(NC(=O)N(C)Cc1csc(C)n1)C(=O)O. The molecule has 1 aromatic heterocycles. The highest BCUT2D eigenvalue weighted by atomic mass is 32.1. The Bertz CT molecular complexity index is 473. The van der Waals surface area contributed by atoms with Crippen molar-refractivity contribution >= 4 is 23.3 Å². The minimum absolute atomic E-state index is 0.185. The van der Waals surface area contributed by atoms with Crippen LogP contribution in [0.1, 0.15) is 17.1 Å². The lowest BCUT2D eigenvalue weighted by atomic mass is 10.2. The molecule has 0 bridgehead atoms. The number of carboxylic acid groups (broad SMARTS) is 1. The molecule has 1 heterocycles. The lowest BCUT2D eigenvalue weighted by molar-refractivity contribution is -0.139. The highest BCUT2D eigenvalue weighted by Crippen LogP contribution is 2.09. The van der Waals surface area contributed by atoms with E-state index in [0.29, 0.717) is 6.54 Å². The molecular weight excluding hydrogens is 266 g/mol. The molecule has 1 unspecified atom stereocenters. The summed E-state index contributed by atoms with van der Waals surface area (Å²) >= 11 is 1.51. The van der Waals surface area contributed by atoms with Crippen molar-refractivity contribution in [2.24, 2.45) is 0 Å². The first-order valence-electron chi connectivity index (χ1n) is 5.70. The van der Waals surface area contributed by atoms with E-state index in [0.717, 1.165) is 10.7 Å². The number of amides is 2. The second-order valence-electron chi connectivity index (χ2n) is 4.08. The summed E-state index contributed by atoms with van der Waals surface area (Å²) in [6, 6.07) is -1.40. The van der Waals surface area contributed by atoms with Crippen molar-refractivity contribution < 1.29 is 14.7 Å². The van der Waals surface area contributed by atoms with Gasteiger partial charge in [-0.1, -0.05) is 6.08 Å². The molecule has 19 heavy (non-hydrogen) atoms. The first-order chi connectivity index (χ1) is 8.93. The predicted molar refractivity (Wildman–Crippen MR) is 73.1 cm³/mol. The molecule has 0 aromatic carbocycles. The molecule has 0 aliphatic carbocycles. The molecule has 104 valence electrons. The third-order valence-electron chi connectivity index (χ3n) is 2.41. The average molecular weight is 283 g/mol. The quantitative estimate of drug-likeness (QED) is 0.777. The number of rotatable bonds is 6. The van der Waals surface area contributed by atoms with Crippen LogP contribution in [0.3, 0.4) is 0 Å². The van der Waals surface area contributed by atoms with Crippen molar-refractivity contribution in [2.75, 3.05) is 7.05 Å². The van der Waals surface area contributed by atoms with E-state index in [1.807, 2.05) is 12.3 Å². The van der Waals surface area contributed by atoms with Gasteiger partial charge >= 0.3 is 12.0 Å². The van der Waals surface area contributed by atoms with Crippen molar-refractivity contribution in [2.45, 2.75) is 25.9 Å². The summed E-state index contributed by atoms with van der Waals surface area (Å²) in [4.78, 5) is 28.4. The summed E-state index contributed by atoms with van der Waals surface area (Å²) in [5, 5.41) is 14.2. The van der Waals surface area contributed by atoms with Crippen molar-refractivity contribution in [3.8, 4) is 0 Å². The van der Waals surface area contributed by atoms with Gasteiger partial charge < -0.3 is 15.3 Å². The molecule has 0 aliphatic rings. The maximum absolute atomic E-state index is 11.8. The monoisotopic (exact) mass is 283 g/mol. The van der Waals surface area contributed by atoms with E-state index >= 15 is 0 Å². The average Bonchev–Trinajstić information content (AvgIpc) is 2.73. The fourth-order valence-corrected chi connectivity index (χ4v) is 2.05. The number of carbonyl (C=O) groups is 2. The van der Waals surface area contributed by atoms with Gasteiger partial charge in [0.05, 0.1) is 17.2 Å². The number of thiazole rings is 1. The van der Waals surface area contributed by atoms with Gasteiger partial charge in [0, 0.05) is 12.4 Å².